The van der Waals surface area contributed by atoms with Gasteiger partial charge in [0.1, 0.15) is 5.82 Å². The van der Waals surface area contributed by atoms with E-state index in [1.165, 1.54) is 5.56 Å². The molecule has 21 heavy (non-hydrogen) atoms. The van der Waals surface area contributed by atoms with Gasteiger partial charge in [-0.25, -0.2) is 0 Å². The fourth-order valence-corrected chi connectivity index (χ4v) is 2.43. The standard InChI is InChI=1S/C15H30N4O2/c1-6-20-10-8-19(9-11-21-7-2)15-14(12-16-4)13(3)17-18(15)5/h16H,6-12H2,1-5H3. The normalized spacial score (nSPS) is 11.1. The van der Waals surface area contributed by atoms with Gasteiger partial charge in [-0.05, 0) is 27.8 Å². The van der Waals surface area contributed by atoms with Gasteiger partial charge < -0.3 is 19.7 Å². The van der Waals surface area contributed by atoms with Gasteiger partial charge in [0.05, 0.1) is 18.9 Å². The molecule has 1 aromatic rings. The number of hydrogen-bond acceptors (Lipinski definition) is 5. The van der Waals surface area contributed by atoms with E-state index in [9.17, 15) is 0 Å². The van der Waals surface area contributed by atoms with Crippen molar-refractivity contribution in [3.05, 3.63) is 11.3 Å². The zero-order valence-electron chi connectivity index (χ0n) is 14.1. The number of nitrogens with one attached hydrogen (secondary N) is 1. The Bertz CT molecular complexity index is 397. The van der Waals surface area contributed by atoms with Gasteiger partial charge >= 0.3 is 0 Å². The van der Waals surface area contributed by atoms with Gasteiger partial charge in [-0.1, -0.05) is 0 Å². The minimum Gasteiger partial charge on any atom is -0.380 e. The van der Waals surface area contributed by atoms with Crippen LogP contribution in [0.15, 0.2) is 0 Å². The van der Waals surface area contributed by atoms with Crippen molar-refractivity contribution in [2.75, 3.05) is 51.5 Å². The van der Waals surface area contributed by atoms with E-state index in [1.807, 2.05) is 32.6 Å². The van der Waals surface area contributed by atoms with Crippen LogP contribution >= 0.6 is 0 Å². The summed E-state index contributed by atoms with van der Waals surface area (Å²) in [6, 6.07) is 0. The molecule has 0 aliphatic heterocycles. The van der Waals surface area contributed by atoms with Crippen molar-refractivity contribution in [2.45, 2.75) is 27.3 Å². The number of anilines is 1. The van der Waals surface area contributed by atoms with Crippen LogP contribution in [0.2, 0.25) is 0 Å². The van der Waals surface area contributed by atoms with Gasteiger partial charge in [-0.3, -0.25) is 4.68 Å². The van der Waals surface area contributed by atoms with Gasteiger partial charge in [-0.15, -0.1) is 0 Å². The SMILES string of the molecule is CCOCCN(CCOCC)c1c(CNC)c(C)nn1C. The summed E-state index contributed by atoms with van der Waals surface area (Å²) in [4.78, 5) is 2.30. The maximum absolute atomic E-state index is 5.51. The fourth-order valence-electron chi connectivity index (χ4n) is 2.43. The smallest absolute Gasteiger partial charge is 0.131 e. The molecule has 1 aromatic heterocycles. The summed E-state index contributed by atoms with van der Waals surface area (Å²) in [7, 11) is 3.96. The van der Waals surface area contributed by atoms with E-state index in [4.69, 9.17) is 9.47 Å². The van der Waals surface area contributed by atoms with Crippen molar-refractivity contribution in [1.82, 2.24) is 15.1 Å². The fraction of sp³-hybridized carbons (Fsp3) is 0.800. The first-order valence-electron chi connectivity index (χ1n) is 7.73. The minimum atomic E-state index is 0.714. The van der Waals surface area contributed by atoms with E-state index >= 15 is 0 Å². The van der Waals surface area contributed by atoms with Crippen molar-refractivity contribution >= 4 is 5.82 Å². The van der Waals surface area contributed by atoms with Crippen molar-refractivity contribution in [3.63, 3.8) is 0 Å². The first kappa shape index (κ1) is 17.9. The largest absolute Gasteiger partial charge is 0.380 e. The molecule has 6 nitrogen and oxygen atoms in total. The third kappa shape index (κ3) is 5.30. The molecule has 0 spiro atoms. The molecular formula is C15H30N4O2. The van der Waals surface area contributed by atoms with Crippen LogP contribution in [0.25, 0.3) is 0 Å². The van der Waals surface area contributed by atoms with E-state index in [0.29, 0.717) is 13.2 Å². The number of aromatic nitrogens is 2. The molecule has 0 atom stereocenters. The lowest BCUT2D eigenvalue weighted by Gasteiger charge is -2.26. The van der Waals surface area contributed by atoms with Crippen molar-refractivity contribution < 1.29 is 9.47 Å². The predicted molar refractivity (Wildman–Crippen MR) is 85.9 cm³/mol. The van der Waals surface area contributed by atoms with Crippen LogP contribution in [0, 0.1) is 6.92 Å². The van der Waals surface area contributed by atoms with Gasteiger partial charge in [0.25, 0.3) is 0 Å². The molecule has 0 saturated carbocycles. The Hall–Kier alpha value is -1.11. The second kappa shape index (κ2) is 9.76. The summed E-state index contributed by atoms with van der Waals surface area (Å²) < 4.78 is 13.0. The Morgan fingerprint density at radius 1 is 1.14 bits per heavy atom. The molecule has 0 unspecified atom stereocenters. The van der Waals surface area contributed by atoms with Gasteiger partial charge in [0.15, 0.2) is 0 Å². The summed E-state index contributed by atoms with van der Waals surface area (Å²) in [5, 5.41) is 7.79. The molecule has 0 bridgehead atoms. The molecule has 6 heteroatoms. The average Bonchev–Trinajstić information content (AvgIpc) is 2.73. The van der Waals surface area contributed by atoms with Crippen LogP contribution in [-0.2, 0) is 23.1 Å². The molecule has 1 rings (SSSR count). The maximum atomic E-state index is 5.51. The number of nitrogens with zero attached hydrogens (tertiary/aromatic N) is 3. The molecule has 1 N–H and O–H groups in total. The summed E-state index contributed by atoms with van der Waals surface area (Å²) >= 11 is 0. The summed E-state index contributed by atoms with van der Waals surface area (Å²) in [5.41, 5.74) is 2.31. The van der Waals surface area contributed by atoms with Crippen LogP contribution in [0.3, 0.4) is 0 Å². The number of aryl methyl sites for hydroxylation is 2. The molecule has 0 aromatic carbocycles. The van der Waals surface area contributed by atoms with Crippen LogP contribution < -0.4 is 10.2 Å². The van der Waals surface area contributed by atoms with Crippen LogP contribution in [0.5, 0.6) is 0 Å². The van der Waals surface area contributed by atoms with E-state index in [1.54, 1.807) is 0 Å². The lowest BCUT2D eigenvalue weighted by molar-refractivity contribution is 0.141. The Morgan fingerprint density at radius 3 is 2.19 bits per heavy atom. The minimum absolute atomic E-state index is 0.714. The molecule has 1 heterocycles. The van der Waals surface area contributed by atoms with Gasteiger partial charge in [-0.2, -0.15) is 5.10 Å². The van der Waals surface area contributed by atoms with Crippen molar-refractivity contribution in [2.24, 2.45) is 7.05 Å². The molecule has 0 radical (unpaired) electrons. The Kier molecular flexibility index (Phi) is 8.34. The number of rotatable bonds is 11. The van der Waals surface area contributed by atoms with Crippen LogP contribution in [0.4, 0.5) is 5.82 Å². The predicted octanol–water partition coefficient (Wildman–Crippen LogP) is 1.33. The third-order valence-electron chi connectivity index (χ3n) is 3.39. The average molecular weight is 298 g/mol. The Morgan fingerprint density at radius 2 is 1.71 bits per heavy atom. The van der Waals surface area contributed by atoms with Crippen LogP contribution in [0.1, 0.15) is 25.1 Å². The van der Waals surface area contributed by atoms with E-state index < -0.39 is 0 Å². The van der Waals surface area contributed by atoms with Crippen LogP contribution in [-0.4, -0.2) is 56.3 Å². The van der Waals surface area contributed by atoms with E-state index in [-0.39, 0.29) is 0 Å². The highest BCUT2D eigenvalue weighted by atomic mass is 16.5. The molecule has 0 amide bonds. The molecule has 0 saturated heterocycles. The molecule has 122 valence electrons. The highest BCUT2D eigenvalue weighted by Gasteiger charge is 2.18. The maximum Gasteiger partial charge on any atom is 0.131 e. The van der Waals surface area contributed by atoms with E-state index in [0.717, 1.165) is 44.4 Å². The highest BCUT2D eigenvalue weighted by Crippen LogP contribution is 2.23. The summed E-state index contributed by atoms with van der Waals surface area (Å²) in [6.07, 6.45) is 0. The van der Waals surface area contributed by atoms with Crippen molar-refractivity contribution in [3.8, 4) is 0 Å². The first-order valence-corrected chi connectivity index (χ1v) is 7.73. The third-order valence-corrected chi connectivity index (χ3v) is 3.39. The molecule has 0 fully saturated rings. The Labute approximate surface area is 128 Å². The summed E-state index contributed by atoms with van der Waals surface area (Å²) in [6.45, 7) is 11.5. The topological polar surface area (TPSA) is 51.6 Å². The molecule has 0 aliphatic carbocycles. The first-order chi connectivity index (χ1) is 10.2. The Balaban J connectivity index is 2.88. The van der Waals surface area contributed by atoms with E-state index in [2.05, 4.69) is 22.2 Å². The zero-order valence-corrected chi connectivity index (χ0v) is 14.1. The summed E-state index contributed by atoms with van der Waals surface area (Å²) in [5.74, 6) is 1.15. The van der Waals surface area contributed by atoms with Gasteiger partial charge in [0.2, 0.25) is 0 Å². The second-order valence-corrected chi connectivity index (χ2v) is 4.92. The van der Waals surface area contributed by atoms with Gasteiger partial charge in [0, 0.05) is 45.5 Å². The quantitative estimate of drug-likeness (QED) is 0.625. The lowest BCUT2D eigenvalue weighted by Crippen LogP contribution is -2.33. The van der Waals surface area contributed by atoms with Crippen molar-refractivity contribution in [1.29, 1.82) is 0 Å². The lowest BCUT2D eigenvalue weighted by atomic mass is 10.2. The molecular weight excluding hydrogens is 268 g/mol. The second-order valence-electron chi connectivity index (χ2n) is 4.92. The zero-order chi connectivity index (χ0) is 15.7. The monoisotopic (exact) mass is 298 g/mol. The number of hydrogen-bond donors (Lipinski definition) is 1. The number of ether oxygens (including phenoxy) is 2. The highest BCUT2D eigenvalue weighted by molar-refractivity contribution is 5.50. The molecule has 0 aliphatic rings.